The molecule has 1 aromatic carbocycles. The van der Waals surface area contributed by atoms with E-state index in [0.29, 0.717) is 23.6 Å². The van der Waals surface area contributed by atoms with Crippen LogP contribution >= 0.6 is 0 Å². The molecule has 0 saturated heterocycles. The molecule has 35 heavy (non-hydrogen) atoms. The summed E-state index contributed by atoms with van der Waals surface area (Å²) in [6.45, 7) is 4.36. The summed E-state index contributed by atoms with van der Waals surface area (Å²) in [4.78, 5) is 30.0. The first-order valence-electron chi connectivity index (χ1n) is 10.8. The lowest BCUT2D eigenvalue weighted by atomic mass is 10.2. The normalized spacial score (nSPS) is 11.9. The maximum atomic E-state index is 13.2. The monoisotopic (exact) mass is 488 g/mol. The number of hydrogen-bond acceptors (Lipinski definition) is 6. The minimum absolute atomic E-state index is 0.108. The molecule has 12 heteroatoms. The molecule has 0 aliphatic carbocycles. The number of anilines is 2. The van der Waals surface area contributed by atoms with Gasteiger partial charge in [0.25, 0.3) is 5.56 Å². The summed E-state index contributed by atoms with van der Waals surface area (Å²) in [7, 11) is 1.41. The quantitative estimate of drug-likeness (QED) is 0.427. The van der Waals surface area contributed by atoms with Gasteiger partial charge < -0.3 is 10.1 Å². The number of pyridine rings is 1. The first-order valence-corrected chi connectivity index (χ1v) is 10.8. The van der Waals surface area contributed by atoms with Crippen molar-refractivity contribution in [3.05, 3.63) is 75.2 Å². The van der Waals surface area contributed by atoms with E-state index in [4.69, 9.17) is 0 Å². The number of aromatic nitrogens is 5. The molecule has 9 nitrogen and oxygen atoms in total. The van der Waals surface area contributed by atoms with E-state index < -0.39 is 17.6 Å². The van der Waals surface area contributed by atoms with Gasteiger partial charge in [-0.3, -0.25) is 18.9 Å². The molecule has 0 radical (unpaired) electrons. The average Bonchev–Trinajstić information content (AvgIpc) is 3.14. The molecule has 0 spiro atoms. The van der Waals surface area contributed by atoms with Gasteiger partial charge in [-0.05, 0) is 35.7 Å². The third kappa shape index (κ3) is 5.20. The van der Waals surface area contributed by atoms with Crippen LogP contribution in [-0.4, -0.2) is 30.3 Å². The van der Waals surface area contributed by atoms with Crippen molar-refractivity contribution in [2.45, 2.75) is 33.3 Å². The van der Waals surface area contributed by atoms with Crippen LogP contribution in [0.1, 0.15) is 19.4 Å². The van der Waals surface area contributed by atoms with Gasteiger partial charge in [-0.2, -0.15) is 5.10 Å². The Labute approximate surface area is 197 Å². The topological polar surface area (TPSA) is 96.0 Å². The van der Waals surface area contributed by atoms with Crippen molar-refractivity contribution in [2.75, 3.05) is 5.32 Å². The van der Waals surface area contributed by atoms with E-state index in [1.807, 2.05) is 13.8 Å². The number of rotatable bonds is 7. The minimum atomic E-state index is -4.79. The van der Waals surface area contributed by atoms with E-state index in [1.54, 1.807) is 24.5 Å². The van der Waals surface area contributed by atoms with Crippen LogP contribution in [0.25, 0.3) is 11.0 Å². The van der Waals surface area contributed by atoms with Crippen LogP contribution in [0.15, 0.2) is 58.4 Å². The fourth-order valence-corrected chi connectivity index (χ4v) is 3.67. The molecule has 4 aromatic rings. The van der Waals surface area contributed by atoms with Crippen LogP contribution in [0.4, 0.5) is 24.7 Å². The predicted molar refractivity (Wildman–Crippen MR) is 124 cm³/mol. The third-order valence-electron chi connectivity index (χ3n) is 5.21. The van der Waals surface area contributed by atoms with Gasteiger partial charge in [-0.15, -0.1) is 13.2 Å². The Morgan fingerprint density at radius 1 is 1.06 bits per heavy atom. The summed E-state index contributed by atoms with van der Waals surface area (Å²) in [6, 6.07) is 8.78. The lowest BCUT2D eigenvalue weighted by molar-refractivity contribution is -0.274. The number of hydrogen-bond donors (Lipinski definition) is 1. The van der Waals surface area contributed by atoms with Crippen LogP contribution in [-0.2, 0) is 20.1 Å². The van der Waals surface area contributed by atoms with Gasteiger partial charge >= 0.3 is 12.1 Å². The molecular formula is C23H23F3N6O3. The lowest BCUT2D eigenvalue weighted by Gasteiger charge is -2.12. The molecular weight excluding hydrogens is 465 g/mol. The van der Waals surface area contributed by atoms with Crippen LogP contribution < -0.4 is 21.3 Å². The summed E-state index contributed by atoms with van der Waals surface area (Å²) in [6.07, 6.45) is -1.63. The van der Waals surface area contributed by atoms with Crippen LogP contribution in [0.2, 0.25) is 0 Å². The van der Waals surface area contributed by atoms with Crippen LogP contribution in [0.5, 0.6) is 5.75 Å². The molecule has 0 aliphatic heterocycles. The van der Waals surface area contributed by atoms with E-state index in [-0.39, 0.29) is 29.2 Å². The largest absolute Gasteiger partial charge is 0.573 e. The molecule has 184 valence electrons. The van der Waals surface area contributed by atoms with Crippen molar-refractivity contribution in [3.63, 3.8) is 0 Å². The molecule has 3 heterocycles. The molecule has 0 aliphatic rings. The highest BCUT2D eigenvalue weighted by Crippen LogP contribution is 2.26. The van der Waals surface area contributed by atoms with Crippen LogP contribution in [0, 0.1) is 5.92 Å². The maximum absolute atomic E-state index is 13.2. The molecule has 3 aromatic heterocycles. The highest BCUT2D eigenvalue weighted by molar-refractivity contribution is 5.89. The van der Waals surface area contributed by atoms with Crippen molar-refractivity contribution in [1.29, 1.82) is 0 Å². The maximum Gasteiger partial charge on any atom is 0.573 e. The first-order chi connectivity index (χ1) is 16.5. The zero-order valence-electron chi connectivity index (χ0n) is 19.2. The van der Waals surface area contributed by atoms with E-state index in [2.05, 4.69) is 20.1 Å². The van der Waals surface area contributed by atoms with E-state index in [9.17, 15) is 22.8 Å². The number of nitrogens with zero attached hydrogens (tertiary/aromatic N) is 5. The third-order valence-corrected chi connectivity index (χ3v) is 5.21. The Kier molecular flexibility index (Phi) is 6.37. The second-order valence-corrected chi connectivity index (χ2v) is 8.41. The van der Waals surface area contributed by atoms with Crippen molar-refractivity contribution in [2.24, 2.45) is 13.0 Å². The van der Waals surface area contributed by atoms with Crippen LogP contribution in [0.3, 0.4) is 0 Å². The van der Waals surface area contributed by atoms with Gasteiger partial charge in [0.15, 0.2) is 5.65 Å². The smallest absolute Gasteiger partial charge is 0.406 e. The number of halogens is 3. The fraction of sp³-hybridized carbons (Fsp3) is 0.304. The predicted octanol–water partition coefficient (Wildman–Crippen LogP) is 3.64. The summed E-state index contributed by atoms with van der Waals surface area (Å²) in [5.74, 6) is 0.109. The van der Waals surface area contributed by atoms with Crippen molar-refractivity contribution in [1.82, 2.24) is 23.9 Å². The van der Waals surface area contributed by atoms with E-state index in [1.165, 1.54) is 40.6 Å². The Bertz CT molecular complexity index is 1460. The molecule has 0 bridgehead atoms. The summed E-state index contributed by atoms with van der Waals surface area (Å²) in [5.41, 5.74) is 0.479. The summed E-state index contributed by atoms with van der Waals surface area (Å²) in [5, 5.41) is 7.99. The summed E-state index contributed by atoms with van der Waals surface area (Å²) < 4.78 is 45.4. The van der Waals surface area contributed by atoms with E-state index in [0.717, 1.165) is 4.57 Å². The lowest BCUT2D eigenvalue weighted by Crippen LogP contribution is -2.38. The van der Waals surface area contributed by atoms with Gasteiger partial charge in [0, 0.05) is 31.7 Å². The van der Waals surface area contributed by atoms with Crippen molar-refractivity contribution in [3.8, 4) is 5.75 Å². The highest BCUT2D eigenvalue weighted by Gasteiger charge is 2.31. The Morgan fingerprint density at radius 3 is 2.31 bits per heavy atom. The van der Waals surface area contributed by atoms with Gasteiger partial charge in [-0.1, -0.05) is 26.0 Å². The average molecular weight is 488 g/mol. The van der Waals surface area contributed by atoms with Gasteiger partial charge in [0.1, 0.15) is 17.0 Å². The second kappa shape index (κ2) is 9.28. The minimum Gasteiger partial charge on any atom is -0.406 e. The Hall–Kier alpha value is -4.09. The van der Waals surface area contributed by atoms with Crippen molar-refractivity contribution < 1.29 is 17.9 Å². The first kappa shape index (κ1) is 24.0. The molecule has 1 N–H and O–H groups in total. The Morgan fingerprint density at radius 2 is 1.71 bits per heavy atom. The van der Waals surface area contributed by atoms with Gasteiger partial charge in [0.2, 0.25) is 0 Å². The number of alkyl halides is 3. The van der Waals surface area contributed by atoms with Gasteiger partial charge in [-0.25, -0.2) is 9.48 Å². The molecule has 4 rings (SSSR count). The SMILES string of the molecule is CC(C)Cn1c(=O)n(C)c(=O)c2c(Nc3ccncc3)n(Cc3ccc(OC(F)(F)F)cc3)nc21. The number of benzene rings is 1. The molecule has 0 amide bonds. The number of fused-ring (bicyclic) bond motifs is 1. The molecule has 0 fully saturated rings. The highest BCUT2D eigenvalue weighted by atomic mass is 19.4. The number of nitrogens with one attached hydrogen (secondary N) is 1. The fourth-order valence-electron chi connectivity index (χ4n) is 3.67. The molecule has 0 atom stereocenters. The number of ether oxygens (including phenoxy) is 1. The summed E-state index contributed by atoms with van der Waals surface area (Å²) >= 11 is 0. The Balaban J connectivity index is 1.85. The molecule has 0 saturated carbocycles. The van der Waals surface area contributed by atoms with E-state index >= 15 is 0 Å². The zero-order valence-corrected chi connectivity index (χ0v) is 19.2. The zero-order chi connectivity index (χ0) is 25.3. The molecule has 0 unspecified atom stereocenters. The second-order valence-electron chi connectivity index (χ2n) is 8.41. The standard InChI is InChI=1S/C23H23F3N6O3/c1-14(2)12-31-20-18(21(33)30(3)22(31)34)19(28-16-8-10-27-11-9-16)32(29-20)13-15-4-6-17(7-5-15)35-23(24,25)26/h4-11,14H,12-13H2,1-3H3,(H,27,28). The van der Waals surface area contributed by atoms with Gasteiger partial charge in [0.05, 0.1) is 6.54 Å². The van der Waals surface area contributed by atoms with Crippen molar-refractivity contribution >= 4 is 22.5 Å².